The van der Waals surface area contributed by atoms with Crippen LogP contribution < -0.4 is 10.5 Å². The van der Waals surface area contributed by atoms with E-state index in [1.165, 1.54) is 7.11 Å². The van der Waals surface area contributed by atoms with E-state index in [9.17, 15) is 4.79 Å². The van der Waals surface area contributed by atoms with Crippen LogP contribution in [0.3, 0.4) is 0 Å². The summed E-state index contributed by atoms with van der Waals surface area (Å²) < 4.78 is 5.46. The van der Waals surface area contributed by atoms with Crippen molar-refractivity contribution < 1.29 is 14.4 Å². The summed E-state index contributed by atoms with van der Waals surface area (Å²) in [6.07, 6.45) is 8.36. The SMILES string of the molecule is C=CCOc1ccc(/C=C/C2=C(C(=N/OC)/C(N)=O)CCC2)cc1. The molecule has 0 radical (unpaired) electrons. The van der Waals surface area contributed by atoms with E-state index in [2.05, 4.69) is 11.7 Å². The van der Waals surface area contributed by atoms with Crippen LogP contribution in [-0.2, 0) is 9.63 Å². The van der Waals surface area contributed by atoms with Gasteiger partial charge in [-0.15, -0.1) is 0 Å². The number of carbonyl (C=O) groups is 1. The van der Waals surface area contributed by atoms with Crippen molar-refractivity contribution in [2.45, 2.75) is 19.3 Å². The van der Waals surface area contributed by atoms with Gasteiger partial charge < -0.3 is 15.3 Å². The topological polar surface area (TPSA) is 73.9 Å². The van der Waals surface area contributed by atoms with Gasteiger partial charge in [0, 0.05) is 0 Å². The first-order chi connectivity index (χ1) is 11.7. The van der Waals surface area contributed by atoms with E-state index in [0.29, 0.717) is 6.61 Å². The minimum Gasteiger partial charge on any atom is -0.490 e. The number of amides is 1. The Morgan fingerprint density at radius 2 is 2.04 bits per heavy atom. The fourth-order valence-electron chi connectivity index (χ4n) is 2.59. The van der Waals surface area contributed by atoms with Gasteiger partial charge in [-0.1, -0.05) is 42.1 Å². The predicted molar refractivity (Wildman–Crippen MR) is 95.7 cm³/mol. The number of primary amides is 1. The Hall–Kier alpha value is -2.82. The summed E-state index contributed by atoms with van der Waals surface area (Å²) in [5.41, 5.74) is 8.59. The summed E-state index contributed by atoms with van der Waals surface area (Å²) >= 11 is 0. The standard InChI is InChI=1S/C19H22N2O3/c1-3-13-24-16-11-8-14(9-12-16)7-10-15-5-4-6-17(15)18(19(20)22)21-23-2/h3,7-12H,1,4-6,13H2,2H3,(H2,20,22)/b10-7+,21-18-. The number of rotatable bonds is 8. The molecule has 1 aromatic carbocycles. The largest absolute Gasteiger partial charge is 0.490 e. The summed E-state index contributed by atoms with van der Waals surface area (Å²) in [4.78, 5) is 16.3. The molecule has 126 valence electrons. The Morgan fingerprint density at radius 1 is 1.29 bits per heavy atom. The zero-order chi connectivity index (χ0) is 17.4. The minimum atomic E-state index is -0.566. The molecule has 0 spiro atoms. The first-order valence-corrected chi connectivity index (χ1v) is 7.81. The van der Waals surface area contributed by atoms with Gasteiger partial charge in [0.15, 0.2) is 5.71 Å². The van der Waals surface area contributed by atoms with Crippen LogP contribution in [0.1, 0.15) is 24.8 Å². The first-order valence-electron chi connectivity index (χ1n) is 7.81. The third kappa shape index (κ3) is 4.59. The van der Waals surface area contributed by atoms with Crippen LogP contribution in [0.5, 0.6) is 5.75 Å². The molecule has 5 heteroatoms. The van der Waals surface area contributed by atoms with Crippen LogP contribution >= 0.6 is 0 Å². The van der Waals surface area contributed by atoms with E-state index in [1.54, 1.807) is 6.08 Å². The highest BCUT2D eigenvalue weighted by molar-refractivity contribution is 6.45. The van der Waals surface area contributed by atoms with E-state index < -0.39 is 5.91 Å². The van der Waals surface area contributed by atoms with E-state index in [1.807, 2.05) is 36.4 Å². The van der Waals surface area contributed by atoms with Gasteiger partial charge in [-0.25, -0.2) is 0 Å². The van der Waals surface area contributed by atoms with Gasteiger partial charge in [0.25, 0.3) is 5.91 Å². The van der Waals surface area contributed by atoms with Crippen molar-refractivity contribution in [3.8, 4) is 5.75 Å². The number of hydrogen-bond donors (Lipinski definition) is 1. The summed E-state index contributed by atoms with van der Waals surface area (Å²) in [6.45, 7) is 4.11. The Morgan fingerprint density at radius 3 is 2.67 bits per heavy atom. The predicted octanol–water partition coefficient (Wildman–Crippen LogP) is 3.23. The van der Waals surface area contributed by atoms with Crippen molar-refractivity contribution in [1.82, 2.24) is 0 Å². The molecule has 5 nitrogen and oxygen atoms in total. The molecule has 24 heavy (non-hydrogen) atoms. The zero-order valence-corrected chi connectivity index (χ0v) is 13.8. The lowest BCUT2D eigenvalue weighted by Gasteiger charge is -2.05. The number of nitrogens with zero attached hydrogens (tertiary/aromatic N) is 1. The molecule has 0 fully saturated rings. The highest BCUT2D eigenvalue weighted by atomic mass is 16.6. The Kier molecular flexibility index (Phi) is 6.37. The summed E-state index contributed by atoms with van der Waals surface area (Å²) in [5, 5.41) is 3.78. The van der Waals surface area contributed by atoms with Crippen LogP contribution in [0.25, 0.3) is 6.08 Å². The van der Waals surface area contributed by atoms with Gasteiger partial charge in [-0.05, 0) is 48.1 Å². The van der Waals surface area contributed by atoms with Gasteiger partial charge in [-0.3, -0.25) is 4.79 Å². The third-order valence-electron chi connectivity index (χ3n) is 3.69. The lowest BCUT2D eigenvalue weighted by atomic mass is 10.0. The van der Waals surface area contributed by atoms with Crippen molar-refractivity contribution in [3.05, 3.63) is 59.7 Å². The molecule has 2 rings (SSSR count). The summed E-state index contributed by atoms with van der Waals surface area (Å²) in [7, 11) is 1.41. The molecule has 0 aliphatic heterocycles. The first kappa shape index (κ1) is 17.5. The van der Waals surface area contributed by atoms with Gasteiger partial charge in [0.2, 0.25) is 0 Å². The quantitative estimate of drug-likeness (QED) is 0.453. The second-order valence-corrected chi connectivity index (χ2v) is 5.35. The number of benzene rings is 1. The second kappa shape index (κ2) is 8.72. The highest BCUT2D eigenvalue weighted by Crippen LogP contribution is 2.29. The number of ether oxygens (including phenoxy) is 1. The van der Waals surface area contributed by atoms with Gasteiger partial charge in [-0.2, -0.15) is 0 Å². The molecule has 2 N–H and O–H groups in total. The number of oxime groups is 1. The summed E-state index contributed by atoms with van der Waals surface area (Å²) in [5.74, 6) is 0.236. The van der Waals surface area contributed by atoms with Crippen LogP contribution in [-0.4, -0.2) is 25.3 Å². The van der Waals surface area contributed by atoms with Crippen molar-refractivity contribution >= 4 is 17.7 Å². The molecule has 0 saturated heterocycles. The van der Waals surface area contributed by atoms with E-state index >= 15 is 0 Å². The Labute approximate surface area is 142 Å². The normalized spacial score (nSPS) is 15.0. The molecule has 1 aliphatic rings. The zero-order valence-electron chi connectivity index (χ0n) is 13.8. The lowest BCUT2D eigenvalue weighted by molar-refractivity contribution is -0.112. The fraction of sp³-hybridized carbons (Fsp3) is 0.263. The van der Waals surface area contributed by atoms with E-state index in [0.717, 1.165) is 41.7 Å². The van der Waals surface area contributed by atoms with Crippen molar-refractivity contribution in [1.29, 1.82) is 0 Å². The molecule has 0 aromatic heterocycles. The maximum absolute atomic E-state index is 11.6. The summed E-state index contributed by atoms with van der Waals surface area (Å²) in [6, 6.07) is 7.77. The van der Waals surface area contributed by atoms with Crippen LogP contribution in [0.15, 0.2) is 59.3 Å². The smallest absolute Gasteiger partial charge is 0.271 e. The van der Waals surface area contributed by atoms with Crippen LogP contribution in [0, 0.1) is 0 Å². The Balaban J connectivity index is 2.17. The molecule has 0 unspecified atom stereocenters. The van der Waals surface area contributed by atoms with Gasteiger partial charge >= 0.3 is 0 Å². The number of allylic oxidation sites excluding steroid dienone is 2. The minimum absolute atomic E-state index is 0.211. The molecule has 0 saturated carbocycles. The average Bonchev–Trinajstić information content (AvgIpc) is 3.04. The fourth-order valence-corrected chi connectivity index (χ4v) is 2.59. The molecular weight excluding hydrogens is 304 g/mol. The van der Waals surface area contributed by atoms with Crippen LogP contribution in [0.4, 0.5) is 0 Å². The van der Waals surface area contributed by atoms with E-state index in [4.69, 9.17) is 15.3 Å². The monoisotopic (exact) mass is 326 g/mol. The Bertz CT molecular complexity index is 685. The van der Waals surface area contributed by atoms with Crippen molar-refractivity contribution in [2.75, 3.05) is 13.7 Å². The highest BCUT2D eigenvalue weighted by Gasteiger charge is 2.22. The third-order valence-corrected chi connectivity index (χ3v) is 3.69. The molecule has 1 amide bonds. The number of nitrogens with two attached hydrogens (primary N) is 1. The molecule has 0 bridgehead atoms. The maximum Gasteiger partial charge on any atom is 0.271 e. The lowest BCUT2D eigenvalue weighted by Crippen LogP contribution is -2.25. The van der Waals surface area contributed by atoms with Crippen LogP contribution in [0.2, 0.25) is 0 Å². The molecule has 1 aromatic rings. The maximum atomic E-state index is 11.6. The second-order valence-electron chi connectivity index (χ2n) is 5.35. The molecule has 0 atom stereocenters. The van der Waals surface area contributed by atoms with Crippen molar-refractivity contribution in [3.63, 3.8) is 0 Å². The average molecular weight is 326 g/mol. The van der Waals surface area contributed by atoms with Gasteiger partial charge in [0.1, 0.15) is 19.5 Å². The molecule has 0 heterocycles. The number of carbonyl (C=O) groups excluding carboxylic acids is 1. The van der Waals surface area contributed by atoms with Gasteiger partial charge in [0.05, 0.1) is 0 Å². The van der Waals surface area contributed by atoms with Crippen molar-refractivity contribution in [2.24, 2.45) is 10.9 Å². The number of hydrogen-bond acceptors (Lipinski definition) is 4. The molecule has 1 aliphatic carbocycles. The van der Waals surface area contributed by atoms with E-state index in [-0.39, 0.29) is 5.71 Å². The molecular formula is C19H22N2O3.